The fourth-order valence-corrected chi connectivity index (χ4v) is 3.19. The van der Waals surface area contributed by atoms with Crippen molar-refractivity contribution in [3.8, 4) is 28.7 Å². The van der Waals surface area contributed by atoms with Gasteiger partial charge in [0.1, 0.15) is 18.1 Å². The molecule has 0 aromatic heterocycles. The Bertz CT molecular complexity index is 905. The van der Waals surface area contributed by atoms with Crippen LogP contribution < -0.4 is 23.7 Å². The molecule has 0 spiro atoms. The zero-order valence-electron chi connectivity index (χ0n) is 16.5. The van der Waals surface area contributed by atoms with Gasteiger partial charge in [0.05, 0.1) is 41.1 Å². The summed E-state index contributed by atoms with van der Waals surface area (Å²) in [7, 11) is 7.72. The highest BCUT2D eigenvalue weighted by Crippen LogP contribution is 2.44. The van der Waals surface area contributed by atoms with E-state index in [2.05, 4.69) is 0 Å². The van der Waals surface area contributed by atoms with Crippen LogP contribution in [0.15, 0.2) is 30.3 Å². The summed E-state index contributed by atoms with van der Waals surface area (Å²) >= 11 is 0. The average Bonchev–Trinajstić information content (AvgIpc) is 3.13. The largest absolute Gasteiger partial charge is 0.497 e. The van der Waals surface area contributed by atoms with E-state index in [4.69, 9.17) is 28.4 Å². The van der Waals surface area contributed by atoms with Gasteiger partial charge in [-0.05, 0) is 35.9 Å². The average molecular weight is 386 g/mol. The number of rotatable bonds is 7. The van der Waals surface area contributed by atoms with E-state index in [0.717, 1.165) is 5.56 Å². The molecule has 0 N–H and O–H groups in total. The van der Waals surface area contributed by atoms with Crippen molar-refractivity contribution >= 4 is 17.1 Å². The highest BCUT2D eigenvalue weighted by Gasteiger charge is 2.31. The van der Waals surface area contributed by atoms with Gasteiger partial charge in [0.2, 0.25) is 5.75 Å². The number of ether oxygens (including phenoxy) is 6. The third kappa shape index (κ3) is 3.31. The van der Waals surface area contributed by atoms with E-state index in [1.54, 1.807) is 38.5 Å². The highest BCUT2D eigenvalue weighted by atomic mass is 16.5. The molecule has 0 amide bonds. The lowest BCUT2D eigenvalue weighted by molar-refractivity contribution is -0.133. The first-order valence-corrected chi connectivity index (χ1v) is 8.51. The summed E-state index contributed by atoms with van der Waals surface area (Å²) in [5, 5.41) is 0. The van der Waals surface area contributed by atoms with E-state index >= 15 is 0 Å². The number of methoxy groups -OCH3 is 5. The van der Waals surface area contributed by atoms with E-state index in [-0.39, 0.29) is 6.61 Å². The molecule has 0 unspecified atom stereocenters. The molecule has 0 radical (unpaired) electrons. The van der Waals surface area contributed by atoms with Crippen LogP contribution in [0.4, 0.5) is 0 Å². The quantitative estimate of drug-likeness (QED) is 0.677. The lowest BCUT2D eigenvalue weighted by atomic mass is 9.95. The van der Waals surface area contributed by atoms with Gasteiger partial charge in [-0.15, -0.1) is 0 Å². The molecule has 0 fully saturated rings. The van der Waals surface area contributed by atoms with Crippen molar-refractivity contribution in [2.75, 3.05) is 42.2 Å². The molecule has 0 saturated heterocycles. The molecule has 0 bridgehead atoms. The molecule has 2 aromatic carbocycles. The van der Waals surface area contributed by atoms with Gasteiger partial charge < -0.3 is 28.4 Å². The number of benzene rings is 2. The van der Waals surface area contributed by atoms with Crippen LogP contribution in [0.3, 0.4) is 0 Å². The van der Waals surface area contributed by atoms with Crippen molar-refractivity contribution in [2.24, 2.45) is 0 Å². The Kier molecular flexibility index (Phi) is 5.63. The van der Waals surface area contributed by atoms with Gasteiger partial charge in [0.25, 0.3) is 0 Å². The van der Waals surface area contributed by atoms with Crippen LogP contribution in [0, 0.1) is 0 Å². The second kappa shape index (κ2) is 8.12. The Balaban J connectivity index is 2.26. The third-order valence-corrected chi connectivity index (χ3v) is 4.54. The van der Waals surface area contributed by atoms with E-state index in [1.807, 2.05) is 6.07 Å². The zero-order chi connectivity index (χ0) is 20.3. The minimum absolute atomic E-state index is 0.119. The number of carbonyl (C=O) groups excluding carboxylic acids is 1. The Hall–Kier alpha value is -3.35. The first-order valence-electron chi connectivity index (χ1n) is 8.51. The van der Waals surface area contributed by atoms with Crippen molar-refractivity contribution in [1.29, 1.82) is 0 Å². The number of hydrogen-bond acceptors (Lipinski definition) is 7. The lowest BCUT2D eigenvalue weighted by Gasteiger charge is -2.15. The summed E-state index contributed by atoms with van der Waals surface area (Å²) in [5.41, 5.74) is 2.41. The molecule has 0 atom stereocenters. The molecule has 7 heteroatoms. The summed E-state index contributed by atoms with van der Waals surface area (Å²) in [5.74, 6) is 2.16. The molecule has 0 aliphatic carbocycles. The first-order chi connectivity index (χ1) is 13.6. The molecule has 2 aromatic rings. The molecule has 28 heavy (non-hydrogen) atoms. The predicted octanol–water partition coefficient (Wildman–Crippen LogP) is 3.20. The molecular weight excluding hydrogens is 364 g/mol. The second-order valence-corrected chi connectivity index (χ2v) is 5.91. The maximum Gasteiger partial charge on any atom is 0.339 e. The van der Waals surface area contributed by atoms with Crippen LogP contribution in [-0.2, 0) is 9.53 Å². The Morgan fingerprint density at radius 3 is 1.96 bits per heavy atom. The Morgan fingerprint density at radius 1 is 0.786 bits per heavy atom. The van der Waals surface area contributed by atoms with Crippen molar-refractivity contribution in [3.63, 3.8) is 0 Å². The van der Waals surface area contributed by atoms with Gasteiger partial charge in [0.15, 0.2) is 11.5 Å². The van der Waals surface area contributed by atoms with E-state index in [1.165, 1.54) is 21.3 Å². The van der Waals surface area contributed by atoms with Crippen LogP contribution in [0.25, 0.3) is 11.1 Å². The number of cyclic esters (lactones) is 1. The monoisotopic (exact) mass is 386 g/mol. The van der Waals surface area contributed by atoms with Crippen molar-refractivity contribution in [1.82, 2.24) is 0 Å². The molecule has 148 valence electrons. The summed E-state index contributed by atoms with van der Waals surface area (Å²) in [6.45, 7) is 0.119. The van der Waals surface area contributed by atoms with E-state index < -0.39 is 5.97 Å². The van der Waals surface area contributed by atoms with Gasteiger partial charge >= 0.3 is 5.97 Å². The van der Waals surface area contributed by atoms with Crippen LogP contribution in [0.5, 0.6) is 28.7 Å². The smallest absolute Gasteiger partial charge is 0.339 e. The lowest BCUT2D eigenvalue weighted by Crippen LogP contribution is -2.02. The van der Waals surface area contributed by atoms with Crippen molar-refractivity contribution < 1.29 is 33.2 Å². The Morgan fingerprint density at radius 2 is 1.43 bits per heavy atom. The summed E-state index contributed by atoms with van der Waals surface area (Å²) in [6, 6.07) is 8.83. The first kappa shape index (κ1) is 19.4. The van der Waals surface area contributed by atoms with Gasteiger partial charge in [-0.3, -0.25) is 0 Å². The second-order valence-electron chi connectivity index (χ2n) is 5.91. The van der Waals surface area contributed by atoms with Crippen LogP contribution in [0.1, 0.15) is 11.1 Å². The number of carbonyl (C=O) groups is 1. The van der Waals surface area contributed by atoms with Gasteiger partial charge in [-0.25, -0.2) is 4.79 Å². The van der Waals surface area contributed by atoms with Crippen LogP contribution >= 0.6 is 0 Å². The molecule has 1 aliphatic rings. The van der Waals surface area contributed by atoms with Gasteiger partial charge in [0, 0.05) is 11.1 Å². The summed E-state index contributed by atoms with van der Waals surface area (Å²) in [6.07, 6.45) is 0. The van der Waals surface area contributed by atoms with Crippen LogP contribution in [-0.4, -0.2) is 48.1 Å². The zero-order valence-corrected chi connectivity index (χ0v) is 16.5. The van der Waals surface area contributed by atoms with Crippen molar-refractivity contribution in [3.05, 3.63) is 41.5 Å². The predicted molar refractivity (Wildman–Crippen MR) is 103 cm³/mol. The Labute approximate surface area is 163 Å². The van der Waals surface area contributed by atoms with Crippen LogP contribution in [0.2, 0.25) is 0 Å². The standard InChI is InChI=1S/C21H22O7/c1-23-13-6-7-16(24-2)14(10-13)15-11-28-21(22)19(15)12-8-17(25-3)20(27-5)18(9-12)26-4/h6-10H,11H2,1-5H3. The minimum atomic E-state index is -0.436. The molecule has 1 heterocycles. The normalized spacial score (nSPS) is 13.2. The van der Waals surface area contributed by atoms with Gasteiger partial charge in [-0.2, -0.15) is 0 Å². The fourth-order valence-electron chi connectivity index (χ4n) is 3.19. The van der Waals surface area contributed by atoms with Gasteiger partial charge in [-0.1, -0.05) is 0 Å². The maximum atomic E-state index is 12.6. The van der Waals surface area contributed by atoms with Crippen molar-refractivity contribution in [2.45, 2.75) is 0 Å². The number of esters is 1. The fraction of sp³-hybridized carbons (Fsp3) is 0.286. The molecule has 1 aliphatic heterocycles. The molecule has 7 nitrogen and oxygen atoms in total. The van der Waals surface area contributed by atoms with E-state index in [9.17, 15) is 4.79 Å². The summed E-state index contributed by atoms with van der Waals surface area (Å²) < 4.78 is 32.3. The highest BCUT2D eigenvalue weighted by molar-refractivity contribution is 6.27. The maximum absolute atomic E-state index is 12.6. The molecular formula is C21H22O7. The van der Waals surface area contributed by atoms with E-state index in [0.29, 0.717) is 45.5 Å². The molecule has 0 saturated carbocycles. The third-order valence-electron chi connectivity index (χ3n) is 4.54. The topological polar surface area (TPSA) is 72.5 Å². The SMILES string of the molecule is COc1ccc(OC)c(C2=C(c3cc(OC)c(OC)c(OC)c3)C(=O)OC2)c1. The molecule has 3 rings (SSSR count). The summed E-state index contributed by atoms with van der Waals surface area (Å²) in [4.78, 5) is 12.6. The number of hydrogen-bond donors (Lipinski definition) is 0. The minimum Gasteiger partial charge on any atom is -0.497 e.